The Morgan fingerprint density at radius 3 is 2.23 bits per heavy atom. The Balaban J connectivity index is 2.31. The SMILES string of the molecule is CC(C)[C@H]1CCN(C(=O)[C@@H](N=C=O)C(C)(C)C)[C@@H]1C(=O)NC(CC1CC1)C(=O)C(N)=O. The summed E-state index contributed by atoms with van der Waals surface area (Å²) in [4.78, 5) is 66.5. The van der Waals surface area contributed by atoms with Crippen LogP contribution in [0.4, 0.5) is 0 Å². The molecule has 2 aliphatic rings. The zero-order chi connectivity index (χ0) is 23.5. The van der Waals surface area contributed by atoms with Gasteiger partial charge in [-0.15, -0.1) is 0 Å². The highest BCUT2D eigenvalue weighted by atomic mass is 16.2. The van der Waals surface area contributed by atoms with Crippen LogP contribution in [-0.2, 0) is 24.0 Å². The second-order valence-electron chi connectivity index (χ2n) is 10.1. The molecule has 0 aromatic rings. The van der Waals surface area contributed by atoms with E-state index in [1.54, 1.807) is 20.8 Å². The molecule has 4 atom stereocenters. The number of likely N-dealkylation sites (tertiary alicyclic amines) is 1. The van der Waals surface area contributed by atoms with E-state index in [9.17, 15) is 24.0 Å². The molecule has 1 heterocycles. The quantitative estimate of drug-likeness (QED) is 0.316. The third-order valence-corrected chi connectivity index (χ3v) is 6.23. The molecular formula is C22H34N4O5. The summed E-state index contributed by atoms with van der Waals surface area (Å²) in [6, 6.07) is -2.78. The minimum atomic E-state index is -1.08. The van der Waals surface area contributed by atoms with Crippen molar-refractivity contribution in [2.75, 3.05) is 6.54 Å². The summed E-state index contributed by atoms with van der Waals surface area (Å²) in [5.74, 6) is -2.55. The monoisotopic (exact) mass is 434 g/mol. The molecule has 3 amide bonds. The molecule has 0 spiro atoms. The number of hydrogen-bond donors (Lipinski definition) is 2. The lowest BCUT2D eigenvalue weighted by Gasteiger charge is -2.34. The molecule has 0 bridgehead atoms. The molecule has 2 rings (SSSR count). The summed E-state index contributed by atoms with van der Waals surface area (Å²) in [6.45, 7) is 9.66. The number of Topliss-reactive ketones (excluding diaryl/α,β-unsaturated/α-hetero) is 1. The highest BCUT2D eigenvalue weighted by Gasteiger charge is 2.47. The van der Waals surface area contributed by atoms with E-state index < -0.39 is 47.0 Å². The molecule has 2 fully saturated rings. The number of aliphatic imine (C=N–C) groups is 1. The van der Waals surface area contributed by atoms with Gasteiger partial charge in [-0.2, -0.15) is 4.99 Å². The van der Waals surface area contributed by atoms with Crippen molar-refractivity contribution >= 4 is 29.6 Å². The second kappa shape index (κ2) is 9.73. The number of nitrogens with two attached hydrogens (primary N) is 1. The molecular weight excluding hydrogens is 400 g/mol. The molecule has 0 aromatic heterocycles. The normalized spacial score (nSPS) is 23.1. The van der Waals surface area contributed by atoms with Gasteiger partial charge in [-0.3, -0.25) is 19.2 Å². The Kier molecular flexibility index (Phi) is 7.76. The highest BCUT2D eigenvalue weighted by Crippen LogP contribution is 2.36. The molecule has 9 heteroatoms. The van der Waals surface area contributed by atoms with Gasteiger partial charge in [0.25, 0.3) is 5.91 Å². The fourth-order valence-electron chi connectivity index (χ4n) is 4.27. The first kappa shape index (κ1) is 24.7. The summed E-state index contributed by atoms with van der Waals surface area (Å²) in [5, 5.41) is 2.70. The Labute approximate surface area is 183 Å². The lowest BCUT2D eigenvalue weighted by molar-refractivity contribution is -0.144. The average Bonchev–Trinajstić information content (AvgIpc) is 3.36. The summed E-state index contributed by atoms with van der Waals surface area (Å²) in [6.07, 6.45) is 4.33. The van der Waals surface area contributed by atoms with Gasteiger partial charge in [0.15, 0.2) is 0 Å². The lowest BCUT2D eigenvalue weighted by atomic mass is 9.85. The maximum absolute atomic E-state index is 13.3. The van der Waals surface area contributed by atoms with Gasteiger partial charge in [-0.1, -0.05) is 47.5 Å². The van der Waals surface area contributed by atoms with Crippen LogP contribution in [0.1, 0.15) is 60.3 Å². The van der Waals surface area contributed by atoms with E-state index in [4.69, 9.17) is 5.73 Å². The van der Waals surface area contributed by atoms with Crippen LogP contribution >= 0.6 is 0 Å². The fraction of sp³-hybridized carbons (Fsp3) is 0.773. The third kappa shape index (κ3) is 6.00. The van der Waals surface area contributed by atoms with Gasteiger partial charge in [-0.25, -0.2) is 4.79 Å². The zero-order valence-electron chi connectivity index (χ0n) is 19.0. The summed E-state index contributed by atoms with van der Waals surface area (Å²) >= 11 is 0. The molecule has 1 saturated heterocycles. The maximum atomic E-state index is 13.3. The largest absolute Gasteiger partial charge is 0.363 e. The van der Waals surface area contributed by atoms with Crippen molar-refractivity contribution in [3.63, 3.8) is 0 Å². The molecule has 9 nitrogen and oxygen atoms in total. The third-order valence-electron chi connectivity index (χ3n) is 6.23. The van der Waals surface area contributed by atoms with Gasteiger partial charge in [0.1, 0.15) is 12.1 Å². The van der Waals surface area contributed by atoms with Crippen LogP contribution in [-0.4, -0.2) is 59.2 Å². The van der Waals surface area contributed by atoms with Gasteiger partial charge in [0.2, 0.25) is 23.7 Å². The number of carbonyl (C=O) groups excluding carboxylic acids is 5. The van der Waals surface area contributed by atoms with Gasteiger partial charge in [0.05, 0.1) is 6.04 Å². The van der Waals surface area contributed by atoms with Crippen LogP contribution in [0.5, 0.6) is 0 Å². The minimum Gasteiger partial charge on any atom is -0.363 e. The van der Waals surface area contributed by atoms with E-state index in [0.717, 1.165) is 12.8 Å². The molecule has 1 saturated carbocycles. The molecule has 0 radical (unpaired) electrons. The fourth-order valence-corrected chi connectivity index (χ4v) is 4.27. The van der Waals surface area contributed by atoms with Crippen LogP contribution in [0, 0.1) is 23.2 Å². The van der Waals surface area contributed by atoms with E-state index in [0.29, 0.717) is 19.4 Å². The van der Waals surface area contributed by atoms with Crippen LogP contribution in [0.2, 0.25) is 0 Å². The Hall–Kier alpha value is -2.54. The smallest absolute Gasteiger partial charge is 0.287 e. The molecule has 1 aliphatic carbocycles. The van der Waals surface area contributed by atoms with E-state index >= 15 is 0 Å². The molecule has 0 aromatic carbocycles. The molecule has 1 unspecified atom stereocenters. The number of hydrogen-bond acceptors (Lipinski definition) is 6. The van der Waals surface area contributed by atoms with E-state index in [1.807, 2.05) is 13.8 Å². The first-order valence-electron chi connectivity index (χ1n) is 10.9. The maximum Gasteiger partial charge on any atom is 0.287 e. The van der Waals surface area contributed by atoms with E-state index in [1.165, 1.54) is 11.0 Å². The number of primary amides is 1. The number of nitrogens with zero attached hydrogens (tertiary/aromatic N) is 2. The van der Waals surface area contributed by atoms with E-state index in [-0.39, 0.29) is 17.8 Å². The number of ketones is 1. The Morgan fingerprint density at radius 2 is 1.77 bits per heavy atom. The van der Waals surface area contributed by atoms with Crippen molar-refractivity contribution in [2.24, 2.45) is 33.9 Å². The van der Waals surface area contributed by atoms with Gasteiger partial charge >= 0.3 is 0 Å². The minimum absolute atomic E-state index is 0.102. The van der Waals surface area contributed by atoms with Gasteiger partial charge < -0.3 is 16.0 Å². The number of rotatable bonds is 9. The summed E-state index contributed by atoms with van der Waals surface area (Å²) in [7, 11) is 0. The first-order chi connectivity index (χ1) is 14.4. The van der Waals surface area contributed by atoms with Crippen molar-refractivity contribution in [3.05, 3.63) is 0 Å². The van der Waals surface area contributed by atoms with Gasteiger partial charge in [0, 0.05) is 6.54 Å². The predicted octanol–water partition coefficient (Wildman–Crippen LogP) is 0.949. The van der Waals surface area contributed by atoms with Crippen LogP contribution in [0.3, 0.4) is 0 Å². The lowest BCUT2D eigenvalue weighted by Crippen LogP contribution is -2.57. The second-order valence-corrected chi connectivity index (χ2v) is 10.1. The molecule has 1 aliphatic heterocycles. The van der Waals surface area contributed by atoms with Crippen molar-refractivity contribution in [1.82, 2.24) is 10.2 Å². The molecule has 172 valence electrons. The van der Waals surface area contributed by atoms with Crippen molar-refractivity contribution in [3.8, 4) is 0 Å². The summed E-state index contributed by atoms with van der Waals surface area (Å²) < 4.78 is 0. The Bertz CT molecular complexity index is 777. The van der Waals surface area contributed by atoms with E-state index in [2.05, 4.69) is 10.3 Å². The van der Waals surface area contributed by atoms with Crippen molar-refractivity contribution in [1.29, 1.82) is 0 Å². The molecule has 31 heavy (non-hydrogen) atoms. The summed E-state index contributed by atoms with van der Waals surface area (Å²) in [5.41, 5.74) is 4.54. The van der Waals surface area contributed by atoms with Crippen LogP contribution in [0.25, 0.3) is 0 Å². The van der Waals surface area contributed by atoms with Crippen molar-refractivity contribution in [2.45, 2.75) is 78.4 Å². The zero-order valence-corrected chi connectivity index (χ0v) is 19.0. The number of carbonyl (C=O) groups is 4. The average molecular weight is 435 g/mol. The van der Waals surface area contributed by atoms with Crippen LogP contribution in [0.15, 0.2) is 4.99 Å². The predicted molar refractivity (Wildman–Crippen MR) is 113 cm³/mol. The van der Waals surface area contributed by atoms with Gasteiger partial charge in [-0.05, 0) is 36.0 Å². The van der Waals surface area contributed by atoms with Crippen molar-refractivity contribution < 1.29 is 24.0 Å². The number of nitrogens with one attached hydrogen (secondary N) is 1. The number of amides is 3. The highest BCUT2D eigenvalue weighted by molar-refractivity contribution is 6.37. The Morgan fingerprint density at radius 1 is 1.16 bits per heavy atom. The standard InChI is InChI=1S/C22H34N4O5/c1-12(2)14-8-9-26(21(31)18(24-11-27)22(3,4)5)16(14)20(30)25-15(10-13-6-7-13)17(28)19(23)29/h12-16,18H,6-10H2,1-5H3,(H2,23,29)(H,25,30)/t14-,15?,16+,18-/m1/s1. The number of isocyanates is 1. The first-order valence-corrected chi connectivity index (χ1v) is 10.9. The molecule has 3 N–H and O–H groups in total. The topological polar surface area (TPSA) is 139 Å². The van der Waals surface area contributed by atoms with Crippen LogP contribution < -0.4 is 11.1 Å².